The predicted molar refractivity (Wildman–Crippen MR) is 126 cm³/mol. The number of benzene rings is 1. The highest BCUT2D eigenvalue weighted by molar-refractivity contribution is 7.99. The van der Waals surface area contributed by atoms with E-state index >= 15 is 0 Å². The normalized spacial score (nSPS) is 12.4. The molecular formula is C19H24N8O10S. The largest absolute Gasteiger partial charge is 0.569 e. The number of thioether (sulfide) groups is 1. The third-order valence-electron chi connectivity index (χ3n) is 4.40. The van der Waals surface area contributed by atoms with Gasteiger partial charge in [0.1, 0.15) is 30.3 Å². The van der Waals surface area contributed by atoms with Gasteiger partial charge in [0.2, 0.25) is 17.1 Å². The number of nitro groups is 1. The van der Waals surface area contributed by atoms with Crippen LogP contribution in [0.4, 0.5) is 5.69 Å². The Morgan fingerprint density at radius 2 is 1.95 bits per heavy atom. The Bertz CT molecular complexity index is 1150. The second-order valence-electron chi connectivity index (χ2n) is 7.48. The van der Waals surface area contributed by atoms with Crippen LogP contribution in [0, 0.1) is 26.7 Å². The molecule has 0 unspecified atom stereocenters. The highest BCUT2D eigenvalue weighted by Crippen LogP contribution is 2.36. The molecule has 19 heteroatoms. The second kappa shape index (κ2) is 14.8. The van der Waals surface area contributed by atoms with Crippen LogP contribution in [0.15, 0.2) is 22.3 Å². The Kier molecular flexibility index (Phi) is 12.2. The number of nitro benzene ring substituents is 1. The summed E-state index contributed by atoms with van der Waals surface area (Å²) in [5.74, 6) is -5.12. The first-order valence-electron chi connectivity index (χ1n) is 10.4. The van der Waals surface area contributed by atoms with Crippen molar-refractivity contribution in [2.75, 3.05) is 26.4 Å². The van der Waals surface area contributed by atoms with E-state index in [0.717, 1.165) is 17.1 Å². The standard InChI is InChI=1S/C19H24N8O10S/c1-25(2)27(36)24-37-14-6-15(13(26(34)35)5-10(14)7-20)38-9-12(18(31)22-8-17(29)30)23-16(28)4-3-11(21)19(32)33/h5-6,11-12H,3-4,8-9,21H2,1-2H3,(H,22,31)(H,23,28)(H,29,30)(H,32,33)/b27-24-/t11-,12-/m0/s1. The number of nitriles is 1. The summed E-state index contributed by atoms with van der Waals surface area (Å²) in [6, 6.07) is 0.828. The lowest BCUT2D eigenvalue weighted by Crippen LogP contribution is -2.49. The van der Waals surface area contributed by atoms with Gasteiger partial charge in [0, 0.05) is 24.3 Å². The lowest BCUT2D eigenvalue weighted by atomic mass is 10.1. The molecule has 2 atom stereocenters. The Labute approximate surface area is 218 Å². The van der Waals surface area contributed by atoms with Crippen LogP contribution in [0.3, 0.4) is 0 Å². The number of aliphatic carboxylic acids is 2. The zero-order valence-corrected chi connectivity index (χ0v) is 20.8. The number of carbonyl (C=O) groups excluding carboxylic acids is 2. The van der Waals surface area contributed by atoms with Crippen LogP contribution in [-0.2, 0) is 19.2 Å². The maximum absolute atomic E-state index is 12.5. The Hall–Kier alpha value is -4.70. The van der Waals surface area contributed by atoms with E-state index in [0.29, 0.717) is 11.8 Å². The molecule has 0 aliphatic rings. The number of hydrazine groups is 1. The van der Waals surface area contributed by atoms with Crippen LogP contribution in [0.5, 0.6) is 5.75 Å². The summed E-state index contributed by atoms with van der Waals surface area (Å²) in [7, 11) is 2.70. The number of carbonyl (C=O) groups is 4. The maximum atomic E-state index is 12.5. The summed E-state index contributed by atoms with van der Waals surface area (Å²) in [5.41, 5.74) is 4.47. The first-order valence-corrected chi connectivity index (χ1v) is 11.4. The molecule has 0 spiro atoms. The van der Waals surface area contributed by atoms with Gasteiger partial charge in [0.25, 0.3) is 5.69 Å². The maximum Gasteiger partial charge on any atom is 0.322 e. The minimum Gasteiger partial charge on any atom is -0.569 e. The van der Waals surface area contributed by atoms with Gasteiger partial charge in [0.15, 0.2) is 5.75 Å². The molecule has 38 heavy (non-hydrogen) atoms. The fourth-order valence-electron chi connectivity index (χ4n) is 2.44. The number of carboxylic acid groups (broad SMARTS) is 2. The monoisotopic (exact) mass is 556 g/mol. The Morgan fingerprint density at radius 3 is 2.47 bits per heavy atom. The van der Waals surface area contributed by atoms with Crippen molar-refractivity contribution in [2.24, 2.45) is 11.0 Å². The average molecular weight is 557 g/mol. The molecule has 1 aromatic carbocycles. The summed E-state index contributed by atoms with van der Waals surface area (Å²) in [4.78, 5) is 62.0. The van der Waals surface area contributed by atoms with Crippen LogP contribution < -0.4 is 21.2 Å². The topological polar surface area (TPSA) is 277 Å². The van der Waals surface area contributed by atoms with Crippen molar-refractivity contribution in [3.05, 3.63) is 33.0 Å². The van der Waals surface area contributed by atoms with Gasteiger partial charge < -0.3 is 36.6 Å². The quantitative estimate of drug-likeness (QED) is 0.0579. The van der Waals surface area contributed by atoms with Crippen molar-refractivity contribution in [2.45, 2.75) is 29.8 Å². The first kappa shape index (κ1) is 31.3. The Morgan fingerprint density at radius 1 is 1.29 bits per heavy atom. The zero-order valence-electron chi connectivity index (χ0n) is 20.0. The average Bonchev–Trinajstić information content (AvgIpc) is 2.85. The molecule has 206 valence electrons. The van der Waals surface area contributed by atoms with Gasteiger partial charge >= 0.3 is 11.9 Å². The van der Waals surface area contributed by atoms with Gasteiger partial charge in [0.05, 0.1) is 28.9 Å². The molecule has 18 nitrogen and oxygen atoms in total. The summed E-state index contributed by atoms with van der Waals surface area (Å²) < 4.78 is 0. The summed E-state index contributed by atoms with van der Waals surface area (Å²) in [6.07, 6.45) is -0.637. The molecule has 6 N–H and O–H groups in total. The molecule has 0 fully saturated rings. The minimum absolute atomic E-state index is 0.0317. The highest BCUT2D eigenvalue weighted by atomic mass is 32.2. The number of hydrogen-bond donors (Lipinski definition) is 5. The number of nitrogens with two attached hydrogens (primary N) is 1. The molecule has 0 aromatic heterocycles. The Balaban J connectivity index is 3.22. The fourth-order valence-corrected chi connectivity index (χ4v) is 3.49. The van der Waals surface area contributed by atoms with E-state index in [2.05, 4.69) is 15.9 Å². The van der Waals surface area contributed by atoms with Crippen molar-refractivity contribution in [1.29, 1.82) is 5.26 Å². The van der Waals surface area contributed by atoms with E-state index in [9.17, 15) is 39.8 Å². The van der Waals surface area contributed by atoms with Gasteiger partial charge in [-0.3, -0.25) is 29.3 Å². The molecule has 0 aliphatic carbocycles. The van der Waals surface area contributed by atoms with Crippen LogP contribution >= 0.6 is 11.8 Å². The summed E-state index contributed by atoms with van der Waals surface area (Å²) in [5, 5.41) is 58.7. The van der Waals surface area contributed by atoms with Crippen LogP contribution in [0.1, 0.15) is 18.4 Å². The van der Waals surface area contributed by atoms with Crippen LogP contribution in [-0.4, -0.2) is 87.3 Å². The molecule has 0 aliphatic heterocycles. The number of amides is 2. The smallest absolute Gasteiger partial charge is 0.322 e. The van der Waals surface area contributed by atoms with Crippen molar-refractivity contribution < 1.29 is 44.1 Å². The number of rotatable bonds is 15. The lowest BCUT2D eigenvalue weighted by Gasteiger charge is -2.18. The molecule has 0 bridgehead atoms. The fraction of sp³-hybridized carbons (Fsp3) is 0.421. The molecule has 0 radical (unpaired) electrons. The summed E-state index contributed by atoms with van der Waals surface area (Å²) >= 11 is 0.675. The van der Waals surface area contributed by atoms with E-state index in [-0.39, 0.29) is 39.8 Å². The van der Waals surface area contributed by atoms with Crippen molar-refractivity contribution >= 4 is 41.2 Å². The molecule has 0 heterocycles. The molecular weight excluding hydrogens is 532 g/mol. The van der Waals surface area contributed by atoms with Crippen molar-refractivity contribution in [3.63, 3.8) is 0 Å². The number of hydrogen-bond acceptors (Lipinski definition) is 12. The van der Waals surface area contributed by atoms with Gasteiger partial charge in [-0.25, -0.2) is 0 Å². The van der Waals surface area contributed by atoms with E-state index in [1.807, 2.05) is 0 Å². The number of nitrogens with zero attached hydrogens (tertiary/aromatic N) is 5. The lowest BCUT2D eigenvalue weighted by molar-refractivity contribution is -0.695. The predicted octanol–water partition coefficient (Wildman–Crippen LogP) is -0.831. The van der Waals surface area contributed by atoms with Gasteiger partial charge in [-0.1, -0.05) is 0 Å². The molecule has 1 aromatic rings. The number of carboxylic acids is 2. The van der Waals surface area contributed by atoms with E-state index in [4.69, 9.17) is 20.8 Å². The molecule has 2 amide bonds. The van der Waals surface area contributed by atoms with Gasteiger partial charge in [-0.2, -0.15) is 10.3 Å². The van der Waals surface area contributed by atoms with Gasteiger partial charge in [-0.05, 0) is 6.42 Å². The van der Waals surface area contributed by atoms with Crippen LogP contribution in [0.2, 0.25) is 0 Å². The molecule has 0 saturated heterocycles. The third kappa shape index (κ3) is 10.1. The van der Waals surface area contributed by atoms with Crippen LogP contribution in [0.25, 0.3) is 0 Å². The third-order valence-corrected chi connectivity index (χ3v) is 5.54. The zero-order chi connectivity index (χ0) is 29.0. The summed E-state index contributed by atoms with van der Waals surface area (Å²) in [6.45, 7) is -0.784. The first-order chi connectivity index (χ1) is 17.8. The van der Waals surface area contributed by atoms with Gasteiger partial charge in [-0.15, -0.1) is 11.8 Å². The molecule has 0 saturated carbocycles. The van der Waals surface area contributed by atoms with E-state index < -0.39 is 53.0 Å². The van der Waals surface area contributed by atoms with E-state index in [1.54, 1.807) is 6.07 Å². The highest BCUT2D eigenvalue weighted by Gasteiger charge is 2.26. The molecule has 1 rings (SSSR count). The number of nitrogens with one attached hydrogen (secondary N) is 2. The minimum atomic E-state index is -1.41. The second-order valence-corrected chi connectivity index (χ2v) is 8.55. The van der Waals surface area contributed by atoms with Crippen molar-refractivity contribution in [1.82, 2.24) is 15.6 Å². The SMILES string of the molecule is CN(C)/[N+]([O-])=N/Oc1cc(SC[C@H](NC(=O)CC[C@H](N)C(=O)O)C(=O)NCC(=O)O)c([N+](=O)[O-])cc1C#N. The van der Waals surface area contributed by atoms with Crippen molar-refractivity contribution in [3.8, 4) is 11.8 Å². The van der Waals surface area contributed by atoms with E-state index in [1.165, 1.54) is 14.1 Å².